The maximum absolute atomic E-state index is 12.1. The van der Waals surface area contributed by atoms with Gasteiger partial charge in [-0.2, -0.15) is 11.8 Å². The first kappa shape index (κ1) is 17.4. The number of amides is 4. The molecule has 2 saturated heterocycles. The van der Waals surface area contributed by atoms with Crippen molar-refractivity contribution in [3.8, 4) is 0 Å². The minimum Gasteiger partial charge on any atom is -0.376 e. The van der Waals surface area contributed by atoms with Crippen LogP contribution in [0, 0.1) is 0 Å². The minimum absolute atomic E-state index is 0.00283. The van der Waals surface area contributed by atoms with Gasteiger partial charge in [0, 0.05) is 13.7 Å². The highest BCUT2D eigenvalue weighted by Crippen LogP contribution is 2.29. The fraction of sp³-hybridized carbons (Fsp3) is 0.833. The van der Waals surface area contributed by atoms with E-state index in [2.05, 4.69) is 5.32 Å². The van der Waals surface area contributed by atoms with E-state index in [1.165, 1.54) is 0 Å². The summed E-state index contributed by atoms with van der Waals surface area (Å²) in [5.41, 5.74) is -0.403. The number of thioether (sulfide) groups is 1. The van der Waals surface area contributed by atoms with Gasteiger partial charge in [-0.25, -0.2) is 27.2 Å². The molecule has 0 aromatic carbocycles. The van der Waals surface area contributed by atoms with Crippen LogP contribution in [0.25, 0.3) is 0 Å². The van der Waals surface area contributed by atoms with Gasteiger partial charge in [0.25, 0.3) is 0 Å². The van der Waals surface area contributed by atoms with E-state index in [1.54, 1.807) is 7.11 Å². The second kappa shape index (κ2) is 6.63. The Balaban J connectivity index is 1.94. The van der Waals surface area contributed by atoms with Gasteiger partial charge >= 0.3 is 12.1 Å². The largest absolute Gasteiger partial charge is 0.376 e. The van der Waals surface area contributed by atoms with Crippen LogP contribution in [0.15, 0.2) is 0 Å². The van der Waals surface area contributed by atoms with Gasteiger partial charge in [0.05, 0.1) is 24.9 Å². The number of ether oxygens (including phenoxy) is 1. The zero-order chi connectivity index (χ0) is 16.4. The molecular formula is C12H21N3O5S2. The van der Waals surface area contributed by atoms with Crippen LogP contribution in [-0.4, -0.2) is 79.8 Å². The molecular weight excluding hydrogens is 330 g/mol. The Hall–Kier alpha value is -1.000. The Labute approximate surface area is 134 Å². The molecule has 4 amide bonds. The van der Waals surface area contributed by atoms with E-state index in [1.807, 2.05) is 11.8 Å². The molecule has 2 aliphatic heterocycles. The molecule has 0 atom stereocenters. The monoisotopic (exact) mass is 351 g/mol. The Morgan fingerprint density at radius 2 is 2.00 bits per heavy atom. The van der Waals surface area contributed by atoms with Crippen molar-refractivity contribution in [2.45, 2.75) is 18.4 Å². The van der Waals surface area contributed by atoms with Gasteiger partial charge in [0.15, 0.2) is 0 Å². The van der Waals surface area contributed by atoms with Gasteiger partial charge in [-0.3, -0.25) is 0 Å². The Kier molecular flexibility index (Phi) is 5.23. The molecule has 0 saturated carbocycles. The molecule has 0 aliphatic carbocycles. The highest BCUT2D eigenvalue weighted by molar-refractivity contribution is 7.99. The summed E-state index contributed by atoms with van der Waals surface area (Å²) < 4.78 is 29.1. The van der Waals surface area contributed by atoms with Crippen LogP contribution in [0.2, 0.25) is 0 Å². The summed E-state index contributed by atoms with van der Waals surface area (Å²) in [4.78, 5) is 25.0. The smallest absolute Gasteiger partial charge is 0.341 e. The van der Waals surface area contributed by atoms with E-state index in [-0.39, 0.29) is 13.1 Å². The number of hydrogen-bond donors (Lipinski definition) is 1. The molecule has 2 fully saturated rings. The number of nitrogens with one attached hydrogen (secondary N) is 1. The molecule has 2 heterocycles. The zero-order valence-corrected chi connectivity index (χ0v) is 14.3. The summed E-state index contributed by atoms with van der Waals surface area (Å²) in [5.74, 6) is 1.93. The Morgan fingerprint density at radius 1 is 1.36 bits per heavy atom. The second-order valence-corrected chi connectivity index (χ2v) is 8.56. The molecule has 8 nitrogen and oxygen atoms in total. The molecule has 1 N–H and O–H groups in total. The van der Waals surface area contributed by atoms with Crippen LogP contribution in [0.3, 0.4) is 0 Å². The molecule has 2 aliphatic rings. The standard InChI is InChI=1S/C12H21N3O5S2/c1-20-12(3-7-21-8-4-12)9-13-10(16)14-5-6-15(11(14)17)22(2,18)19/h3-9H2,1-2H3,(H,13,16). The van der Waals surface area contributed by atoms with E-state index in [9.17, 15) is 18.0 Å². The zero-order valence-electron chi connectivity index (χ0n) is 12.7. The predicted octanol–water partition coefficient (Wildman–Crippen LogP) is 0.305. The number of imide groups is 1. The first-order valence-electron chi connectivity index (χ1n) is 6.99. The fourth-order valence-corrected chi connectivity index (χ4v) is 4.57. The predicted molar refractivity (Wildman–Crippen MR) is 83.3 cm³/mol. The van der Waals surface area contributed by atoms with Crippen LogP contribution in [-0.2, 0) is 14.8 Å². The van der Waals surface area contributed by atoms with Crippen molar-refractivity contribution in [2.24, 2.45) is 0 Å². The average molecular weight is 351 g/mol. The number of hydrogen-bond acceptors (Lipinski definition) is 6. The first-order valence-corrected chi connectivity index (χ1v) is 9.99. The SMILES string of the molecule is COC1(CNC(=O)N2CCN(S(C)(=O)=O)C2=O)CCSCC1. The summed E-state index contributed by atoms with van der Waals surface area (Å²) >= 11 is 1.84. The van der Waals surface area contributed by atoms with Crippen LogP contribution < -0.4 is 5.32 Å². The van der Waals surface area contributed by atoms with Crippen LogP contribution in [0.5, 0.6) is 0 Å². The molecule has 0 spiro atoms. The van der Waals surface area contributed by atoms with Crippen molar-refractivity contribution in [1.82, 2.24) is 14.5 Å². The topological polar surface area (TPSA) is 96.0 Å². The minimum atomic E-state index is -3.64. The van der Waals surface area contributed by atoms with Crippen molar-refractivity contribution < 1.29 is 22.7 Å². The van der Waals surface area contributed by atoms with Gasteiger partial charge in [0.1, 0.15) is 0 Å². The number of sulfonamides is 1. The quantitative estimate of drug-likeness (QED) is 0.783. The van der Waals surface area contributed by atoms with Gasteiger partial charge in [0.2, 0.25) is 10.0 Å². The molecule has 0 unspecified atom stereocenters. The molecule has 2 rings (SSSR count). The first-order chi connectivity index (χ1) is 10.3. The molecule has 22 heavy (non-hydrogen) atoms. The van der Waals surface area contributed by atoms with E-state index in [4.69, 9.17) is 4.74 Å². The summed E-state index contributed by atoms with van der Waals surface area (Å²) in [5, 5.41) is 2.70. The van der Waals surface area contributed by atoms with E-state index >= 15 is 0 Å². The molecule has 0 bridgehead atoms. The molecule has 0 aromatic heterocycles. The van der Waals surface area contributed by atoms with Crippen molar-refractivity contribution in [3.05, 3.63) is 0 Å². The number of urea groups is 2. The molecule has 0 radical (unpaired) electrons. The number of nitrogens with zero attached hydrogens (tertiary/aromatic N) is 2. The normalized spacial score (nSPS) is 22.0. The average Bonchev–Trinajstić information content (AvgIpc) is 2.87. The third-order valence-electron chi connectivity index (χ3n) is 4.02. The molecule has 0 aromatic rings. The lowest BCUT2D eigenvalue weighted by atomic mass is 9.96. The van der Waals surface area contributed by atoms with E-state index < -0.39 is 27.7 Å². The van der Waals surface area contributed by atoms with E-state index in [0.29, 0.717) is 10.8 Å². The lowest BCUT2D eigenvalue weighted by Crippen LogP contribution is -2.51. The molecule has 126 valence electrons. The number of carbonyl (C=O) groups is 2. The Morgan fingerprint density at radius 3 is 2.50 bits per heavy atom. The van der Waals surface area contributed by atoms with E-state index in [0.717, 1.165) is 35.5 Å². The van der Waals surface area contributed by atoms with Crippen LogP contribution >= 0.6 is 11.8 Å². The van der Waals surface area contributed by atoms with Crippen LogP contribution in [0.4, 0.5) is 9.59 Å². The van der Waals surface area contributed by atoms with Crippen molar-refractivity contribution in [1.29, 1.82) is 0 Å². The number of methoxy groups -OCH3 is 1. The summed E-state index contributed by atoms with van der Waals surface area (Å²) in [6.07, 6.45) is 2.61. The highest BCUT2D eigenvalue weighted by Gasteiger charge is 2.39. The van der Waals surface area contributed by atoms with Crippen molar-refractivity contribution >= 4 is 33.8 Å². The molecule has 10 heteroatoms. The lowest BCUT2D eigenvalue weighted by molar-refractivity contribution is -0.0142. The number of carbonyl (C=O) groups excluding carboxylic acids is 2. The van der Waals surface area contributed by atoms with Crippen LogP contribution in [0.1, 0.15) is 12.8 Å². The highest BCUT2D eigenvalue weighted by atomic mass is 32.2. The van der Waals surface area contributed by atoms with Gasteiger partial charge in [-0.1, -0.05) is 0 Å². The fourth-order valence-electron chi connectivity index (χ4n) is 2.54. The summed E-state index contributed by atoms with van der Waals surface area (Å²) in [6.45, 7) is 0.371. The maximum atomic E-state index is 12.1. The van der Waals surface area contributed by atoms with Gasteiger partial charge in [-0.05, 0) is 24.3 Å². The summed E-state index contributed by atoms with van der Waals surface area (Å²) in [7, 11) is -2.02. The maximum Gasteiger partial charge on any atom is 0.341 e. The Bertz CT molecular complexity index is 545. The second-order valence-electron chi connectivity index (χ2n) is 5.43. The van der Waals surface area contributed by atoms with Gasteiger partial charge in [-0.15, -0.1) is 0 Å². The lowest BCUT2D eigenvalue weighted by Gasteiger charge is -2.36. The van der Waals surface area contributed by atoms with Crippen molar-refractivity contribution in [3.63, 3.8) is 0 Å². The summed E-state index contributed by atoms with van der Waals surface area (Å²) in [6, 6.07) is -1.38. The third-order valence-corrected chi connectivity index (χ3v) is 6.14. The third kappa shape index (κ3) is 3.66. The van der Waals surface area contributed by atoms with Crippen molar-refractivity contribution in [2.75, 3.05) is 44.5 Å². The number of rotatable bonds is 4. The van der Waals surface area contributed by atoms with Gasteiger partial charge < -0.3 is 10.1 Å².